The first-order valence-electron chi connectivity index (χ1n) is 6.87. The van der Waals surface area contributed by atoms with Gasteiger partial charge in [-0.3, -0.25) is 4.79 Å². The summed E-state index contributed by atoms with van der Waals surface area (Å²) in [7, 11) is 0. The third kappa shape index (κ3) is 3.16. The Morgan fingerprint density at radius 1 is 1.38 bits per heavy atom. The molecule has 6 heteroatoms. The maximum Gasteiger partial charge on any atom is 0.271 e. The molecular formula is C15H16N2O3S. The topological polar surface area (TPSA) is 60.5 Å². The average Bonchev–Trinajstić information content (AvgIpc) is 3.13. The van der Waals surface area contributed by atoms with Crippen molar-refractivity contribution < 1.29 is 14.3 Å². The Morgan fingerprint density at radius 3 is 3.10 bits per heavy atom. The molecule has 0 saturated heterocycles. The number of hydrogen-bond acceptors (Lipinski definition) is 5. The number of aryl methyl sites for hydroxylation is 1. The van der Waals surface area contributed by atoms with E-state index in [0.29, 0.717) is 12.2 Å². The second kappa shape index (κ2) is 6.13. The Bertz CT molecular complexity index is 654. The van der Waals surface area contributed by atoms with Crippen LogP contribution >= 0.6 is 11.3 Å². The SMILES string of the molecule is CCCc1nc(C(=O)NCc2ccc3c(c2)OCO3)cs1. The average molecular weight is 304 g/mol. The van der Waals surface area contributed by atoms with E-state index in [-0.39, 0.29) is 12.7 Å². The molecule has 110 valence electrons. The number of ether oxygens (including phenoxy) is 2. The molecule has 21 heavy (non-hydrogen) atoms. The molecule has 0 fully saturated rings. The number of carbonyl (C=O) groups excluding carboxylic acids is 1. The highest BCUT2D eigenvalue weighted by molar-refractivity contribution is 7.09. The van der Waals surface area contributed by atoms with E-state index in [1.165, 1.54) is 11.3 Å². The number of fused-ring (bicyclic) bond motifs is 1. The molecule has 1 aromatic carbocycles. The van der Waals surface area contributed by atoms with Crippen molar-refractivity contribution >= 4 is 17.2 Å². The number of aromatic nitrogens is 1. The van der Waals surface area contributed by atoms with E-state index in [9.17, 15) is 4.79 Å². The van der Waals surface area contributed by atoms with Crippen LogP contribution in [0.2, 0.25) is 0 Å². The number of rotatable bonds is 5. The van der Waals surface area contributed by atoms with Crippen LogP contribution in [0.5, 0.6) is 11.5 Å². The summed E-state index contributed by atoms with van der Waals surface area (Å²) in [6, 6.07) is 5.65. The zero-order chi connectivity index (χ0) is 14.7. The van der Waals surface area contributed by atoms with Crippen LogP contribution in [0.3, 0.4) is 0 Å². The summed E-state index contributed by atoms with van der Waals surface area (Å²) in [5.74, 6) is 1.32. The third-order valence-corrected chi connectivity index (χ3v) is 4.05. The van der Waals surface area contributed by atoms with E-state index in [4.69, 9.17) is 9.47 Å². The first kappa shape index (κ1) is 13.9. The van der Waals surface area contributed by atoms with E-state index in [0.717, 1.165) is 34.9 Å². The van der Waals surface area contributed by atoms with E-state index >= 15 is 0 Å². The third-order valence-electron chi connectivity index (χ3n) is 3.14. The van der Waals surface area contributed by atoms with Crippen molar-refractivity contribution in [1.29, 1.82) is 0 Å². The van der Waals surface area contributed by atoms with Gasteiger partial charge in [0.15, 0.2) is 11.5 Å². The second-order valence-electron chi connectivity index (χ2n) is 4.75. The number of benzene rings is 1. The van der Waals surface area contributed by atoms with Crippen LogP contribution in [-0.2, 0) is 13.0 Å². The molecule has 1 amide bonds. The Morgan fingerprint density at radius 2 is 2.24 bits per heavy atom. The number of hydrogen-bond donors (Lipinski definition) is 1. The molecule has 1 aromatic heterocycles. The normalized spacial score (nSPS) is 12.4. The summed E-state index contributed by atoms with van der Waals surface area (Å²) < 4.78 is 10.6. The smallest absolute Gasteiger partial charge is 0.271 e. The van der Waals surface area contributed by atoms with Crippen LogP contribution in [0.4, 0.5) is 0 Å². The van der Waals surface area contributed by atoms with Crippen LogP contribution in [0, 0.1) is 0 Å². The van der Waals surface area contributed by atoms with Crippen molar-refractivity contribution in [2.45, 2.75) is 26.3 Å². The maximum absolute atomic E-state index is 12.0. The van der Waals surface area contributed by atoms with Gasteiger partial charge in [-0.1, -0.05) is 13.0 Å². The lowest BCUT2D eigenvalue weighted by molar-refractivity contribution is 0.0946. The molecule has 1 aliphatic rings. The highest BCUT2D eigenvalue weighted by atomic mass is 32.1. The number of thiazole rings is 1. The van der Waals surface area contributed by atoms with Crippen LogP contribution in [0.25, 0.3) is 0 Å². The van der Waals surface area contributed by atoms with Gasteiger partial charge in [-0.2, -0.15) is 0 Å². The summed E-state index contributed by atoms with van der Waals surface area (Å²) in [5, 5.41) is 5.68. The quantitative estimate of drug-likeness (QED) is 0.922. The molecule has 0 bridgehead atoms. The lowest BCUT2D eigenvalue weighted by atomic mass is 10.2. The maximum atomic E-state index is 12.0. The number of nitrogens with zero attached hydrogens (tertiary/aromatic N) is 1. The van der Waals surface area contributed by atoms with Gasteiger partial charge < -0.3 is 14.8 Å². The Labute approximate surface area is 126 Å². The second-order valence-corrected chi connectivity index (χ2v) is 5.69. The summed E-state index contributed by atoms with van der Waals surface area (Å²) in [4.78, 5) is 16.4. The number of nitrogens with one attached hydrogen (secondary N) is 1. The van der Waals surface area contributed by atoms with Crippen molar-refractivity contribution in [3.05, 3.63) is 39.8 Å². The van der Waals surface area contributed by atoms with Gasteiger partial charge in [-0.15, -0.1) is 11.3 Å². The van der Waals surface area contributed by atoms with Crippen molar-refractivity contribution in [2.24, 2.45) is 0 Å². The molecule has 2 aromatic rings. The van der Waals surface area contributed by atoms with Crippen molar-refractivity contribution in [3.63, 3.8) is 0 Å². The van der Waals surface area contributed by atoms with Gasteiger partial charge in [0.05, 0.1) is 5.01 Å². The molecule has 3 rings (SSSR count). The van der Waals surface area contributed by atoms with Crippen molar-refractivity contribution in [2.75, 3.05) is 6.79 Å². The Kier molecular flexibility index (Phi) is 4.06. The molecule has 0 atom stereocenters. The van der Waals surface area contributed by atoms with Crippen LogP contribution in [-0.4, -0.2) is 17.7 Å². The summed E-state index contributed by atoms with van der Waals surface area (Å²) in [5.41, 5.74) is 1.46. The fourth-order valence-corrected chi connectivity index (χ4v) is 2.95. The molecule has 5 nitrogen and oxygen atoms in total. The number of amides is 1. The van der Waals surface area contributed by atoms with E-state index in [1.54, 1.807) is 5.38 Å². The standard InChI is InChI=1S/C15H16N2O3S/c1-2-3-14-17-11(8-21-14)15(18)16-7-10-4-5-12-13(6-10)20-9-19-12/h4-6,8H,2-3,7,9H2,1H3,(H,16,18). The van der Waals surface area contributed by atoms with Gasteiger partial charge in [-0.25, -0.2) is 4.98 Å². The molecule has 0 unspecified atom stereocenters. The predicted molar refractivity (Wildman–Crippen MR) is 79.8 cm³/mol. The van der Waals surface area contributed by atoms with Gasteiger partial charge in [-0.05, 0) is 30.5 Å². The molecule has 0 spiro atoms. The molecular weight excluding hydrogens is 288 g/mol. The van der Waals surface area contributed by atoms with E-state index in [2.05, 4.69) is 17.2 Å². The Balaban J connectivity index is 1.60. The van der Waals surface area contributed by atoms with Gasteiger partial charge in [0.1, 0.15) is 5.69 Å². The first-order valence-corrected chi connectivity index (χ1v) is 7.75. The summed E-state index contributed by atoms with van der Waals surface area (Å²) >= 11 is 1.53. The van der Waals surface area contributed by atoms with Gasteiger partial charge in [0.25, 0.3) is 5.91 Å². The zero-order valence-electron chi connectivity index (χ0n) is 11.7. The highest BCUT2D eigenvalue weighted by Gasteiger charge is 2.14. The minimum absolute atomic E-state index is 0.147. The zero-order valence-corrected chi connectivity index (χ0v) is 12.5. The Hall–Kier alpha value is -2.08. The number of carbonyl (C=O) groups is 1. The summed E-state index contributed by atoms with van der Waals surface area (Å²) in [6.45, 7) is 2.79. The highest BCUT2D eigenvalue weighted by Crippen LogP contribution is 2.32. The summed E-state index contributed by atoms with van der Waals surface area (Å²) in [6.07, 6.45) is 1.95. The van der Waals surface area contributed by atoms with E-state index < -0.39 is 0 Å². The molecule has 0 saturated carbocycles. The molecule has 1 aliphatic heterocycles. The van der Waals surface area contributed by atoms with Crippen LogP contribution in [0.15, 0.2) is 23.6 Å². The van der Waals surface area contributed by atoms with Gasteiger partial charge in [0.2, 0.25) is 6.79 Å². The molecule has 0 aliphatic carbocycles. The minimum Gasteiger partial charge on any atom is -0.454 e. The molecule has 0 radical (unpaired) electrons. The minimum atomic E-state index is -0.147. The fourth-order valence-electron chi connectivity index (χ4n) is 2.07. The fraction of sp³-hybridized carbons (Fsp3) is 0.333. The first-order chi connectivity index (χ1) is 10.3. The van der Waals surface area contributed by atoms with Gasteiger partial charge in [0, 0.05) is 11.9 Å². The van der Waals surface area contributed by atoms with Crippen LogP contribution in [0.1, 0.15) is 34.4 Å². The lowest BCUT2D eigenvalue weighted by Gasteiger charge is -2.04. The lowest BCUT2D eigenvalue weighted by Crippen LogP contribution is -2.23. The van der Waals surface area contributed by atoms with E-state index in [1.807, 2.05) is 18.2 Å². The largest absolute Gasteiger partial charge is 0.454 e. The van der Waals surface area contributed by atoms with Crippen molar-refractivity contribution in [1.82, 2.24) is 10.3 Å². The van der Waals surface area contributed by atoms with Gasteiger partial charge >= 0.3 is 0 Å². The monoisotopic (exact) mass is 304 g/mol. The predicted octanol–water partition coefficient (Wildman–Crippen LogP) is 2.75. The molecule has 2 heterocycles. The van der Waals surface area contributed by atoms with Crippen LogP contribution < -0.4 is 14.8 Å². The van der Waals surface area contributed by atoms with Crippen molar-refractivity contribution in [3.8, 4) is 11.5 Å². The molecule has 1 N–H and O–H groups in total.